The Morgan fingerprint density at radius 1 is 0.531 bits per heavy atom. The van der Waals surface area contributed by atoms with Gasteiger partial charge in [-0.25, -0.2) is 0 Å². The van der Waals surface area contributed by atoms with E-state index in [1.165, 1.54) is 135 Å². The van der Waals surface area contributed by atoms with Crippen LogP contribution in [0, 0.1) is 0 Å². The van der Waals surface area contributed by atoms with Gasteiger partial charge < -0.3 is 34.3 Å². The van der Waals surface area contributed by atoms with Crippen molar-refractivity contribution >= 4 is 22.1 Å². The molecule has 1 saturated heterocycles. The highest BCUT2D eigenvalue weighted by Crippen LogP contribution is 2.24. The molecule has 0 amide bonds. The van der Waals surface area contributed by atoms with E-state index in [-0.39, 0.29) is 19.4 Å². The van der Waals surface area contributed by atoms with Crippen LogP contribution in [-0.2, 0) is 38.7 Å². The number of carbonyl (C=O) groups is 2. The molecular weight excluding hydrogens is 837 g/mol. The predicted molar refractivity (Wildman–Crippen MR) is 256 cm³/mol. The third-order valence-corrected chi connectivity index (χ3v) is 12.8. The maximum absolute atomic E-state index is 12.9. The highest BCUT2D eigenvalue weighted by Gasteiger charge is 2.46. The number of carbonyl (C=O) groups excluding carboxylic acids is 2. The number of esters is 2. The quantitative estimate of drug-likeness (QED) is 0.0196. The Morgan fingerprint density at radius 3 is 1.36 bits per heavy atom. The van der Waals surface area contributed by atoms with Crippen molar-refractivity contribution in [2.24, 2.45) is 0 Å². The molecule has 0 aromatic rings. The maximum atomic E-state index is 12.9. The Balaban J connectivity index is 2.36. The third kappa shape index (κ3) is 35.3. The van der Waals surface area contributed by atoms with E-state index in [0.717, 1.165) is 57.8 Å². The highest BCUT2D eigenvalue weighted by atomic mass is 32.2. The van der Waals surface area contributed by atoms with Crippen molar-refractivity contribution in [1.29, 1.82) is 0 Å². The summed E-state index contributed by atoms with van der Waals surface area (Å²) in [4.78, 5) is 25.5. The number of aliphatic hydroxyl groups excluding tert-OH is 3. The van der Waals surface area contributed by atoms with Crippen LogP contribution in [0.15, 0.2) is 24.3 Å². The van der Waals surface area contributed by atoms with Gasteiger partial charge in [-0.15, -0.1) is 0 Å². The first kappa shape index (κ1) is 60.1. The summed E-state index contributed by atoms with van der Waals surface area (Å²) >= 11 is 0. The minimum absolute atomic E-state index is 0.166. The molecule has 6 atom stereocenters. The molecule has 1 aliphatic heterocycles. The van der Waals surface area contributed by atoms with E-state index in [2.05, 4.69) is 38.2 Å². The minimum Gasteiger partial charge on any atom is -0.462 e. The largest absolute Gasteiger partial charge is 0.462 e. The second-order valence-corrected chi connectivity index (χ2v) is 19.7. The van der Waals surface area contributed by atoms with Crippen LogP contribution < -0.4 is 0 Å². The topological polar surface area (TPSA) is 186 Å². The summed E-state index contributed by atoms with van der Waals surface area (Å²) in [5, 5.41) is 31.0. The lowest BCUT2D eigenvalue weighted by Gasteiger charge is -2.40. The molecule has 0 aromatic heterocycles. The zero-order valence-electron chi connectivity index (χ0n) is 40.4. The van der Waals surface area contributed by atoms with Gasteiger partial charge in [-0.2, -0.15) is 8.42 Å². The van der Waals surface area contributed by atoms with Crippen LogP contribution in [-0.4, -0.2) is 96.0 Å². The molecule has 1 heterocycles. The zero-order valence-corrected chi connectivity index (χ0v) is 41.2. The summed E-state index contributed by atoms with van der Waals surface area (Å²) in [5.41, 5.74) is 0. The Morgan fingerprint density at radius 2 is 0.922 bits per heavy atom. The lowest BCUT2D eigenvalue weighted by atomic mass is 10.00. The lowest BCUT2D eigenvalue weighted by molar-refractivity contribution is -0.297. The Labute approximate surface area is 389 Å². The summed E-state index contributed by atoms with van der Waals surface area (Å²) in [5.74, 6) is -1.99. The second-order valence-electron chi connectivity index (χ2n) is 18.2. The number of aliphatic hydroxyl groups is 3. The molecule has 1 aliphatic rings. The van der Waals surface area contributed by atoms with Crippen LogP contribution in [0.1, 0.15) is 232 Å². The summed E-state index contributed by atoms with van der Waals surface area (Å²) in [6.45, 7) is 3.76. The standard InChI is InChI=1S/C51H94O12S/c1-3-5-7-9-11-13-15-17-19-20-21-22-23-24-26-28-30-32-34-36-38-40-47(53)62-44(42-61-51-50(56)49(55)48(54)45(63-51)43-64(57,58)59)41-60-46(52)39-37-35-33-31-29-27-25-18-16-14-12-10-8-6-4-2/h14,16,18,25,44-45,48-51,54-56H,3-13,15,17,19-24,26-43H2,1-2H3,(H,57,58,59)/b16-14+,25-18+/t44-,45-,48-,49?,50?,51+/m1/s1. The minimum atomic E-state index is -4.60. The SMILES string of the molecule is CCCCCC/C=C/C=C/CCCCCCCC(=O)OC[C@H](CO[C@H]1O[C@H](CS(=O)(=O)O)[C@@H](O)C(O)C1O)OC(=O)CCCCCCCCCCCCCCCCCCCCCCC. The van der Waals surface area contributed by atoms with Gasteiger partial charge in [-0.3, -0.25) is 14.1 Å². The van der Waals surface area contributed by atoms with Crippen molar-refractivity contribution in [1.82, 2.24) is 0 Å². The Hall–Kier alpha value is -1.87. The van der Waals surface area contributed by atoms with Gasteiger partial charge in [-0.1, -0.05) is 205 Å². The summed E-state index contributed by atoms with van der Waals surface area (Å²) in [7, 11) is -4.60. The summed E-state index contributed by atoms with van der Waals surface area (Å²) in [6.07, 6.45) is 37.9. The van der Waals surface area contributed by atoms with E-state index in [9.17, 15) is 37.9 Å². The van der Waals surface area contributed by atoms with Gasteiger partial charge in [0.25, 0.3) is 10.1 Å². The van der Waals surface area contributed by atoms with Gasteiger partial charge in [0.15, 0.2) is 12.4 Å². The van der Waals surface area contributed by atoms with Gasteiger partial charge >= 0.3 is 11.9 Å². The van der Waals surface area contributed by atoms with E-state index < -0.39 is 71.2 Å². The first-order valence-electron chi connectivity index (χ1n) is 25.9. The number of ether oxygens (including phenoxy) is 4. The molecule has 64 heavy (non-hydrogen) atoms. The first-order chi connectivity index (χ1) is 31.0. The molecular formula is C51H94O12S. The van der Waals surface area contributed by atoms with Crippen molar-refractivity contribution in [3.05, 3.63) is 24.3 Å². The molecule has 0 aliphatic carbocycles. The van der Waals surface area contributed by atoms with Gasteiger partial charge in [0.05, 0.1) is 6.61 Å². The fourth-order valence-electron chi connectivity index (χ4n) is 8.02. The smallest absolute Gasteiger partial charge is 0.306 e. The van der Waals surface area contributed by atoms with Crippen LogP contribution in [0.25, 0.3) is 0 Å². The molecule has 1 rings (SSSR count). The van der Waals surface area contributed by atoms with Crippen LogP contribution >= 0.6 is 0 Å². The van der Waals surface area contributed by atoms with Gasteiger partial charge in [0, 0.05) is 12.8 Å². The Kier molecular flexibility index (Phi) is 38.8. The molecule has 0 spiro atoms. The van der Waals surface area contributed by atoms with Crippen molar-refractivity contribution in [2.45, 2.75) is 269 Å². The predicted octanol–water partition coefficient (Wildman–Crippen LogP) is 11.6. The molecule has 0 saturated carbocycles. The average Bonchev–Trinajstić information content (AvgIpc) is 3.26. The fourth-order valence-corrected chi connectivity index (χ4v) is 8.71. The number of unbranched alkanes of at least 4 members (excludes halogenated alkanes) is 29. The molecule has 376 valence electrons. The van der Waals surface area contributed by atoms with Crippen LogP contribution in [0.2, 0.25) is 0 Å². The number of hydrogen-bond donors (Lipinski definition) is 4. The molecule has 0 radical (unpaired) electrons. The van der Waals surface area contributed by atoms with Gasteiger partial charge in [0.1, 0.15) is 36.8 Å². The van der Waals surface area contributed by atoms with Crippen molar-refractivity contribution in [3.8, 4) is 0 Å². The molecule has 2 unspecified atom stereocenters. The van der Waals surface area contributed by atoms with E-state index >= 15 is 0 Å². The second kappa shape index (κ2) is 41.3. The molecule has 4 N–H and O–H groups in total. The fraction of sp³-hybridized carbons (Fsp3) is 0.882. The number of allylic oxidation sites excluding steroid dienone is 4. The highest BCUT2D eigenvalue weighted by molar-refractivity contribution is 7.85. The van der Waals surface area contributed by atoms with E-state index in [4.69, 9.17) is 18.9 Å². The molecule has 0 bridgehead atoms. The van der Waals surface area contributed by atoms with E-state index in [1.807, 2.05) is 0 Å². The normalized spacial score (nSPS) is 19.8. The third-order valence-electron chi connectivity index (χ3n) is 12.1. The number of hydrogen-bond acceptors (Lipinski definition) is 11. The van der Waals surface area contributed by atoms with Crippen LogP contribution in [0.5, 0.6) is 0 Å². The first-order valence-corrected chi connectivity index (χ1v) is 27.5. The molecule has 0 aromatic carbocycles. The van der Waals surface area contributed by atoms with Gasteiger partial charge in [0.2, 0.25) is 0 Å². The van der Waals surface area contributed by atoms with Gasteiger partial charge in [-0.05, 0) is 38.5 Å². The summed E-state index contributed by atoms with van der Waals surface area (Å²) in [6, 6.07) is 0. The average molecular weight is 931 g/mol. The van der Waals surface area contributed by atoms with Crippen molar-refractivity contribution in [2.75, 3.05) is 19.0 Å². The zero-order chi connectivity index (χ0) is 46.9. The maximum Gasteiger partial charge on any atom is 0.306 e. The van der Waals surface area contributed by atoms with Crippen LogP contribution in [0.3, 0.4) is 0 Å². The monoisotopic (exact) mass is 931 g/mol. The lowest BCUT2D eigenvalue weighted by Crippen LogP contribution is -2.60. The van der Waals surface area contributed by atoms with E-state index in [0.29, 0.717) is 12.8 Å². The molecule has 13 heteroatoms. The van der Waals surface area contributed by atoms with Crippen LogP contribution in [0.4, 0.5) is 0 Å². The van der Waals surface area contributed by atoms with E-state index in [1.54, 1.807) is 0 Å². The molecule has 1 fully saturated rings. The number of rotatable bonds is 44. The van der Waals surface area contributed by atoms with Crippen molar-refractivity contribution in [3.63, 3.8) is 0 Å². The molecule has 12 nitrogen and oxygen atoms in total. The summed E-state index contributed by atoms with van der Waals surface area (Å²) < 4.78 is 54.2. The van der Waals surface area contributed by atoms with Crippen molar-refractivity contribution < 1.29 is 56.8 Å². The Bertz CT molecular complexity index is 1270.